The second-order valence-electron chi connectivity index (χ2n) is 5.68. The first-order chi connectivity index (χ1) is 11.2. The van der Waals surface area contributed by atoms with Crippen LogP contribution in [-0.4, -0.2) is 27.6 Å². The summed E-state index contributed by atoms with van der Waals surface area (Å²) in [6.45, 7) is 1.90. The Morgan fingerprint density at radius 3 is 2.08 bits per heavy atom. The van der Waals surface area contributed by atoms with Gasteiger partial charge in [-0.3, -0.25) is 4.79 Å². The lowest BCUT2D eigenvalue weighted by molar-refractivity contribution is -0.119. The molecule has 0 unspecified atom stereocenters. The Morgan fingerprint density at radius 1 is 1.08 bits per heavy atom. The molecule has 6 heteroatoms. The first-order valence-electron chi connectivity index (χ1n) is 7.57. The van der Waals surface area contributed by atoms with Crippen molar-refractivity contribution < 1.29 is 17.6 Å². The standard InChI is InChI=1S/C18H20FNO3S/c1-4-17(13-5-7-14(19)8-6-13)18(21)20(2)15-9-11-16(12-10-15)24(3,22)23/h5-12,17H,4H2,1-3H3/t17-/m1/s1. The summed E-state index contributed by atoms with van der Waals surface area (Å²) < 4.78 is 36.1. The van der Waals surface area contributed by atoms with Gasteiger partial charge >= 0.3 is 0 Å². The van der Waals surface area contributed by atoms with Gasteiger partial charge in [-0.15, -0.1) is 0 Å². The number of sulfone groups is 1. The molecule has 128 valence electrons. The molecule has 0 saturated carbocycles. The van der Waals surface area contributed by atoms with E-state index in [0.29, 0.717) is 12.1 Å². The van der Waals surface area contributed by atoms with Gasteiger partial charge in [0.15, 0.2) is 9.84 Å². The van der Waals surface area contributed by atoms with Gasteiger partial charge in [-0.25, -0.2) is 12.8 Å². The van der Waals surface area contributed by atoms with Gasteiger partial charge in [0, 0.05) is 19.0 Å². The van der Waals surface area contributed by atoms with Crippen molar-refractivity contribution in [3.05, 3.63) is 59.9 Å². The highest BCUT2D eigenvalue weighted by atomic mass is 32.2. The molecule has 2 aromatic rings. The van der Waals surface area contributed by atoms with E-state index in [1.165, 1.54) is 29.2 Å². The van der Waals surface area contributed by atoms with E-state index in [-0.39, 0.29) is 22.5 Å². The molecule has 24 heavy (non-hydrogen) atoms. The number of hydrogen-bond acceptors (Lipinski definition) is 3. The molecule has 0 N–H and O–H groups in total. The van der Waals surface area contributed by atoms with Gasteiger partial charge in [-0.2, -0.15) is 0 Å². The maximum atomic E-state index is 13.1. The lowest BCUT2D eigenvalue weighted by Gasteiger charge is -2.23. The lowest BCUT2D eigenvalue weighted by atomic mass is 9.95. The van der Waals surface area contributed by atoms with Crippen LogP contribution in [0.25, 0.3) is 0 Å². The van der Waals surface area contributed by atoms with Crippen LogP contribution in [-0.2, 0) is 14.6 Å². The number of likely N-dealkylation sites (N-methyl/N-ethyl adjacent to an activating group) is 1. The highest BCUT2D eigenvalue weighted by molar-refractivity contribution is 7.90. The van der Waals surface area contributed by atoms with Gasteiger partial charge in [-0.1, -0.05) is 19.1 Å². The molecule has 0 aliphatic rings. The topological polar surface area (TPSA) is 54.5 Å². The average molecular weight is 349 g/mol. The smallest absolute Gasteiger partial charge is 0.234 e. The summed E-state index contributed by atoms with van der Waals surface area (Å²) in [4.78, 5) is 14.5. The summed E-state index contributed by atoms with van der Waals surface area (Å²) >= 11 is 0. The monoisotopic (exact) mass is 349 g/mol. The molecule has 0 saturated heterocycles. The van der Waals surface area contributed by atoms with E-state index in [1.807, 2.05) is 6.92 Å². The fourth-order valence-corrected chi connectivity index (χ4v) is 3.16. The van der Waals surface area contributed by atoms with E-state index in [0.717, 1.165) is 11.8 Å². The zero-order valence-corrected chi connectivity index (χ0v) is 14.7. The van der Waals surface area contributed by atoms with Crippen LogP contribution in [0, 0.1) is 5.82 Å². The van der Waals surface area contributed by atoms with Crippen molar-refractivity contribution in [1.29, 1.82) is 0 Å². The summed E-state index contributed by atoms with van der Waals surface area (Å²) in [7, 11) is -1.63. The second kappa shape index (κ2) is 7.13. The third-order valence-electron chi connectivity index (χ3n) is 3.96. The summed E-state index contributed by atoms with van der Waals surface area (Å²) in [6.07, 6.45) is 1.72. The molecular formula is C18H20FNO3S. The highest BCUT2D eigenvalue weighted by Gasteiger charge is 2.23. The van der Waals surface area contributed by atoms with Gasteiger partial charge in [0.1, 0.15) is 5.82 Å². The fraction of sp³-hybridized carbons (Fsp3) is 0.278. The van der Waals surface area contributed by atoms with E-state index in [9.17, 15) is 17.6 Å². The maximum absolute atomic E-state index is 13.1. The number of nitrogens with zero attached hydrogens (tertiary/aromatic N) is 1. The first kappa shape index (κ1) is 18.1. The van der Waals surface area contributed by atoms with Crippen LogP contribution in [0.4, 0.5) is 10.1 Å². The average Bonchev–Trinajstić information content (AvgIpc) is 2.55. The predicted molar refractivity (Wildman–Crippen MR) is 92.4 cm³/mol. The molecule has 0 heterocycles. The number of amides is 1. The molecule has 0 aromatic heterocycles. The van der Waals surface area contributed by atoms with Crippen molar-refractivity contribution in [2.45, 2.75) is 24.2 Å². The zero-order chi connectivity index (χ0) is 17.9. The van der Waals surface area contributed by atoms with Crippen molar-refractivity contribution in [3.8, 4) is 0 Å². The van der Waals surface area contributed by atoms with E-state index < -0.39 is 9.84 Å². The molecule has 4 nitrogen and oxygen atoms in total. The van der Waals surface area contributed by atoms with E-state index in [1.54, 1.807) is 31.3 Å². The number of halogens is 1. The maximum Gasteiger partial charge on any atom is 0.234 e. The molecule has 1 amide bonds. The van der Waals surface area contributed by atoms with Crippen LogP contribution in [0.2, 0.25) is 0 Å². The van der Waals surface area contributed by atoms with Crippen molar-refractivity contribution in [1.82, 2.24) is 0 Å². The van der Waals surface area contributed by atoms with Gasteiger partial charge in [-0.05, 0) is 48.4 Å². The number of carbonyl (C=O) groups excluding carboxylic acids is 1. The molecular weight excluding hydrogens is 329 g/mol. The van der Waals surface area contributed by atoms with Crippen molar-refractivity contribution in [2.75, 3.05) is 18.2 Å². The third-order valence-corrected chi connectivity index (χ3v) is 5.09. The number of benzene rings is 2. The van der Waals surface area contributed by atoms with E-state index in [2.05, 4.69) is 0 Å². The zero-order valence-electron chi connectivity index (χ0n) is 13.9. The van der Waals surface area contributed by atoms with Gasteiger partial charge in [0.2, 0.25) is 5.91 Å². The molecule has 0 radical (unpaired) electrons. The molecule has 0 fully saturated rings. The molecule has 1 atom stereocenters. The Bertz CT molecular complexity index is 814. The van der Waals surface area contributed by atoms with Gasteiger partial charge < -0.3 is 4.90 Å². The normalized spacial score (nSPS) is 12.7. The van der Waals surface area contributed by atoms with Gasteiger partial charge in [0.25, 0.3) is 0 Å². The van der Waals surface area contributed by atoms with E-state index >= 15 is 0 Å². The van der Waals surface area contributed by atoms with Crippen molar-refractivity contribution >= 4 is 21.4 Å². The lowest BCUT2D eigenvalue weighted by Crippen LogP contribution is -2.31. The quantitative estimate of drug-likeness (QED) is 0.831. The largest absolute Gasteiger partial charge is 0.315 e. The summed E-state index contributed by atoms with van der Waals surface area (Å²) in [5, 5.41) is 0. The third kappa shape index (κ3) is 4.00. The Balaban J connectivity index is 2.25. The first-order valence-corrected chi connectivity index (χ1v) is 9.46. The summed E-state index contributed by atoms with van der Waals surface area (Å²) in [6, 6.07) is 12.1. The minimum Gasteiger partial charge on any atom is -0.315 e. The molecule has 0 aliphatic carbocycles. The summed E-state index contributed by atoms with van der Waals surface area (Å²) in [5.41, 5.74) is 1.36. The van der Waals surface area contributed by atoms with Crippen LogP contribution in [0.15, 0.2) is 53.4 Å². The van der Waals surface area contributed by atoms with Crippen molar-refractivity contribution in [2.24, 2.45) is 0 Å². The minimum atomic E-state index is -3.27. The Labute approximate surface area is 141 Å². The van der Waals surface area contributed by atoms with Crippen LogP contribution in [0.5, 0.6) is 0 Å². The van der Waals surface area contributed by atoms with E-state index in [4.69, 9.17) is 0 Å². The van der Waals surface area contributed by atoms with Crippen LogP contribution >= 0.6 is 0 Å². The molecule has 0 spiro atoms. The molecule has 2 aromatic carbocycles. The Kier molecular flexibility index (Phi) is 5.39. The fourth-order valence-electron chi connectivity index (χ4n) is 2.53. The Hall–Kier alpha value is -2.21. The predicted octanol–water partition coefficient (Wildman–Crippen LogP) is 3.39. The van der Waals surface area contributed by atoms with Crippen LogP contribution < -0.4 is 4.90 Å². The molecule has 2 rings (SSSR count). The van der Waals surface area contributed by atoms with Crippen molar-refractivity contribution in [3.63, 3.8) is 0 Å². The van der Waals surface area contributed by atoms with Crippen LogP contribution in [0.1, 0.15) is 24.8 Å². The van der Waals surface area contributed by atoms with Crippen LogP contribution in [0.3, 0.4) is 0 Å². The highest BCUT2D eigenvalue weighted by Crippen LogP contribution is 2.25. The number of hydrogen-bond donors (Lipinski definition) is 0. The SMILES string of the molecule is CC[C@@H](C(=O)N(C)c1ccc(S(C)(=O)=O)cc1)c1ccc(F)cc1. The molecule has 0 aliphatic heterocycles. The summed E-state index contributed by atoms with van der Waals surface area (Å²) in [5.74, 6) is -0.854. The minimum absolute atomic E-state index is 0.129. The number of anilines is 1. The number of rotatable bonds is 5. The number of carbonyl (C=O) groups is 1. The van der Waals surface area contributed by atoms with Gasteiger partial charge in [0.05, 0.1) is 10.8 Å². The molecule has 0 bridgehead atoms. The Morgan fingerprint density at radius 2 is 1.62 bits per heavy atom. The second-order valence-corrected chi connectivity index (χ2v) is 7.69.